The fourth-order valence-electron chi connectivity index (χ4n) is 3.67. The highest BCUT2D eigenvalue weighted by Crippen LogP contribution is 2.34. The summed E-state index contributed by atoms with van der Waals surface area (Å²) in [6.45, 7) is 14.3. The quantitative estimate of drug-likeness (QED) is 0.756. The zero-order chi connectivity index (χ0) is 14.4. The lowest BCUT2D eigenvalue weighted by molar-refractivity contribution is 0.106. The van der Waals surface area contributed by atoms with Crippen molar-refractivity contribution in [3.63, 3.8) is 0 Å². The average Bonchev–Trinajstić information content (AvgIpc) is 2.43. The van der Waals surface area contributed by atoms with E-state index in [9.17, 15) is 0 Å². The first-order valence-electron chi connectivity index (χ1n) is 8.44. The van der Waals surface area contributed by atoms with Gasteiger partial charge >= 0.3 is 0 Å². The van der Waals surface area contributed by atoms with Crippen molar-refractivity contribution in [3.05, 3.63) is 0 Å². The topological polar surface area (TPSA) is 15.3 Å². The molecule has 1 rings (SSSR count). The maximum absolute atomic E-state index is 3.57. The van der Waals surface area contributed by atoms with Crippen LogP contribution in [0.5, 0.6) is 0 Å². The third kappa shape index (κ3) is 4.75. The van der Waals surface area contributed by atoms with Crippen LogP contribution in [0.4, 0.5) is 0 Å². The highest BCUT2D eigenvalue weighted by molar-refractivity contribution is 4.87. The molecule has 0 aromatic heterocycles. The molecule has 1 saturated carbocycles. The highest BCUT2D eigenvalue weighted by atomic mass is 15.1. The van der Waals surface area contributed by atoms with Crippen LogP contribution in [0.1, 0.15) is 60.3 Å². The van der Waals surface area contributed by atoms with Gasteiger partial charge in [-0.05, 0) is 64.0 Å². The zero-order valence-corrected chi connectivity index (χ0v) is 14.1. The van der Waals surface area contributed by atoms with Crippen LogP contribution < -0.4 is 5.32 Å². The van der Waals surface area contributed by atoms with E-state index in [2.05, 4.69) is 51.9 Å². The second kappa shape index (κ2) is 8.26. The van der Waals surface area contributed by atoms with E-state index in [1.807, 2.05) is 0 Å². The Morgan fingerprint density at radius 2 is 1.84 bits per heavy atom. The lowest BCUT2D eigenvalue weighted by Crippen LogP contribution is -2.47. The molecule has 0 aromatic rings. The van der Waals surface area contributed by atoms with Gasteiger partial charge in [-0.1, -0.05) is 27.7 Å². The fourth-order valence-corrected chi connectivity index (χ4v) is 3.67. The van der Waals surface area contributed by atoms with Gasteiger partial charge in [-0.25, -0.2) is 0 Å². The SMILES string of the molecule is CCC(C)N(CC)CC1CC(C(C)C)CCC1NC. The van der Waals surface area contributed by atoms with Crippen molar-refractivity contribution in [1.29, 1.82) is 0 Å². The summed E-state index contributed by atoms with van der Waals surface area (Å²) in [5.41, 5.74) is 0. The van der Waals surface area contributed by atoms with Gasteiger partial charge in [0.1, 0.15) is 0 Å². The van der Waals surface area contributed by atoms with E-state index in [-0.39, 0.29) is 0 Å². The molecular formula is C17H36N2. The fraction of sp³-hybridized carbons (Fsp3) is 1.00. The molecule has 0 aliphatic heterocycles. The summed E-state index contributed by atoms with van der Waals surface area (Å²) in [6.07, 6.45) is 5.45. The molecule has 1 aliphatic rings. The summed E-state index contributed by atoms with van der Waals surface area (Å²) >= 11 is 0. The smallest absolute Gasteiger partial charge is 0.0105 e. The Morgan fingerprint density at radius 1 is 1.16 bits per heavy atom. The second-order valence-corrected chi connectivity index (χ2v) is 6.82. The van der Waals surface area contributed by atoms with Gasteiger partial charge in [-0.15, -0.1) is 0 Å². The largest absolute Gasteiger partial charge is 0.317 e. The number of rotatable bonds is 7. The lowest BCUT2D eigenvalue weighted by Gasteiger charge is -2.41. The van der Waals surface area contributed by atoms with Crippen LogP contribution in [0, 0.1) is 17.8 Å². The van der Waals surface area contributed by atoms with E-state index in [0.717, 1.165) is 29.8 Å². The van der Waals surface area contributed by atoms with Gasteiger partial charge in [-0.2, -0.15) is 0 Å². The van der Waals surface area contributed by atoms with Gasteiger partial charge in [0.25, 0.3) is 0 Å². The Kier molecular flexibility index (Phi) is 7.38. The van der Waals surface area contributed by atoms with Gasteiger partial charge < -0.3 is 10.2 Å². The van der Waals surface area contributed by atoms with E-state index in [1.54, 1.807) is 0 Å². The molecule has 114 valence electrons. The second-order valence-electron chi connectivity index (χ2n) is 6.82. The van der Waals surface area contributed by atoms with Crippen LogP contribution in [0.3, 0.4) is 0 Å². The molecule has 0 heterocycles. The van der Waals surface area contributed by atoms with Crippen LogP contribution in [-0.4, -0.2) is 37.1 Å². The Morgan fingerprint density at radius 3 is 2.32 bits per heavy atom. The Balaban J connectivity index is 2.64. The molecule has 0 saturated heterocycles. The number of nitrogens with one attached hydrogen (secondary N) is 1. The number of hydrogen-bond acceptors (Lipinski definition) is 2. The van der Waals surface area contributed by atoms with Crippen molar-refractivity contribution < 1.29 is 0 Å². The Bertz CT molecular complexity index is 239. The van der Waals surface area contributed by atoms with E-state index in [0.29, 0.717) is 0 Å². The van der Waals surface area contributed by atoms with E-state index >= 15 is 0 Å². The monoisotopic (exact) mass is 268 g/mol. The molecule has 0 bridgehead atoms. The Hall–Kier alpha value is -0.0800. The third-order valence-corrected chi connectivity index (χ3v) is 5.43. The summed E-state index contributed by atoms with van der Waals surface area (Å²) in [7, 11) is 2.15. The van der Waals surface area contributed by atoms with Crippen LogP contribution in [0.25, 0.3) is 0 Å². The number of nitrogens with zero attached hydrogens (tertiary/aromatic N) is 1. The van der Waals surface area contributed by atoms with Crippen molar-refractivity contribution >= 4 is 0 Å². The molecule has 0 spiro atoms. The maximum atomic E-state index is 3.57. The summed E-state index contributed by atoms with van der Waals surface area (Å²) in [4.78, 5) is 2.68. The van der Waals surface area contributed by atoms with Crippen LogP contribution in [0.2, 0.25) is 0 Å². The average molecular weight is 268 g/mol. The van der Waals surface area contributed by atoms with Crippen molar-refractivity contribution in [2.75, 3.05) is 20.1 Å². The minimum atomic E-state index is 0.724. The molecule has 0 radical (unpaired) electrons. The van der Waals surface area contributed by atoms with Gasteiger partial charge in [0.2, 0.25) is 0 Å². The van der Waals surface area contributed by atoms with Crippen molar-refractivity contribution in [2.45, 2.75) is 72.4 Å². The molecule has 1 aliphatic carbocycles. The van der Waals surface area contributed by atoms with Crippen molar-refractivity contribution in [3.8, 4) is 0 Å². The summed E-state index contributed by atoms with van der Waals surface area (Å²) in [5.74, 6) is 2.62. The predicted molar refractivity (Wildman–Crippen MR) is 85.5 cm³/mol. The molecule has 1 N–H and O–H groups in total. The van der Waals surface area contributed by atoms with Crippen molar-refractivity contribution in [2.24, 2.45) is 17.8 Å². The summed E-state index contributed by atoms with van der Waals surface area (Å²) < 4.78 is 0. The lowest BCUT2D eigenvalue weighted by atomic mass is 9.73. The normalized spacial score (nSPS) is 30.0. The van der Waals surface area contributed by atoms with E-state index in [1.165, 1.54) is 38.8 Å². The van der Waals surface area contributed by atoms with Gasteiger partial charge in [0.15, 0.2) is 0 Å². The number of hydrogen-bond donors (Lipinski definition) is 1. The first-order valence-corrected chi connectivity index (χ1v) is 8.44. The minimum Gasteiger partial charge on any atom is -0.317 e. The van der Waals surface area contributed by atoms with E-state index < -0.39 is 0 Å². The highest BCUT2D eigenvalue weighted by Gasteiger charge is 2.32. The molecule has 0 aromatic carbocycles. The molecule has 1 fully saturated rings. The standard InChI is InChI=1S/C17H36N2/c1-7-14(5)19(8-2)12-16-11-15(13(3)4)9-10-17(16)18-6/h13-18H,7-12H2,1-6H3. The molecule has 2 heteroatoms. The van der Waals surface area contributed by atoms with Crippen LogP contribution in [0.15, 0.2) is 0 Å². The molecule has 4 unspecified atom stereocenters. The summed E-state index contributed by atoms with van der Waals surface area (Å²) in [6, 6.07) is 1.45. The van der Waals surface area contributed by atoms with E-state index in [4.69, 9.17) is 0 Å². The molecular weight excluding hydrogens is 232 g/mol. The molecule has 4 atom stereocenters. The van der Waals surface area contributed by atoms with Gasteiger partial charge in [0.05, 0.1) is 0 Å². The molecule has 0 amide bonds. The van der Waals surface area contributed by atoms with Gasteiger partial charge in [-0.3, -0.25) is 0 Å². The van der Waals surface area contributed by atoms with Crippen LogP contribution >= 0.6 is 0 Å². The van der Waals surface area contributed by atoms with Crippen LogP contribution in [-0.2, 0) is 0 Å². The first kappa shape index (κ1) is 17.0. The van der Waals surface area contributed by atoms with Gasteiger partial charge in [0, 0.05) is 18.6 Å². The maximum Gasteiger partial charge on any atom is 0.0105 e. The Labute approximate surface area is 121 Å². The third-order valence-electron chi connectivity index (χ3n) is 5.43. The molecule has 19 heavy (non-hydrogen) atoms. The minimum absolute atomic E-state index is 0.724. The zero-order valence-electron chi connectivity index (χ0n) is 14.1. The summed E-state index contributed by atoms with van der Waals surface area (Å²) in [5, 5.41) is 3.57. The molecule has 2 nitrogen and oxygen atoms in total. The van der Waals surface area contributed by atoms with Crippen molar-refractivity contribution in [1.82, 2.24) is 10.2 Å². The first-order chi connectivity index (χ1) is 9.03. The predicted octanol–water partition coefficient (Wildman–Crippen LogP) is 3.77.